The third-order valence-electron chi connectivity index (χ3n) is 4.58. The Labute approximate surface area is 151 Å². The molecule has 0 bridgehead atoms. The van der Waals surface area contributed by atoms with Crippen LogP contribution in [0.4, 0.5) is 0 Å². The summed E-state index contributed by atoms with van der Waals surface area (Å²) < 4.78 is 11.1. The molecular formula is C19H18Cl2O3. The minimum atomic E-state index is -0.223. The van der Waals surface area contributed by atoms with Gasteiger partial charge in [-0.25, -0.2) is 0 Å². The van der Waals surface area contributed by atoms with E-state index in [1.54, 1.807) is 12.3 Å². The Bertz CT molecular complexity index is 759. The van der Waals surface area contributed by atoms with Crippen LogP contribution in [-0.4, -0.2) is 5.97 Å². The highest BCUT2D eigenvalue weighted by Gasteiger charge is 2.61. The Balaban J connectivity index is 1.63. The van der Waals surface area contributed by atoms with Gasteiger partial charge in [0.15, 0.2) is 0 Å². The molecule has 0 saturated heterocycles. The number of hydrogen-bond acceptors (Lipinski definition) is 3. The number of halogens is 2. The summed E-state index contributed by atoms with van der Waals surface area (Å²) in [5, 5.41) is 0. The number of benzene rings is 1. The molecule has 3 rings (SSSR count). The molecule has 5 heteroatoms. The molecule has 2 unspecified atom stereocenters. The van der Waals surface area contributed by atoms with Crippen molar-refractivity contribution >= 4 is 29.2 Å². The SMILES string of the molecule is CC1(C)C(C=C(Cl)Cl)C1C(=O)OCc1cccc(-c2ccco2)c1. The van der Waals surface area contributed by atoms with Gasteiger partial charge in [0.05, 0.1) is 12.2 Å². The first kappa shape index (κ1) is 17.1. The summed E-state index contributed by atoms with van der Waals surface area (Å²) in [5.41, 5.74) is 1.69. The molecule has 24 heavy (non-hydrogen) atoms. The van der Waals surface area contributed by atoms with Crippen molar-refractivity contribution in [2.45, 2.75) is 20.5 Å². The molecular weight excluding hydrogens is 347 g/mol. The highest BCUT2D eigenvalue weighted by atomic mass is 35.5. The summed E-state index contributed by atoms with van der Waals surface area (Å²) >= 11 is 11.4. The number of ether oxygens (including phenoxy) is 1. The van der Waals surface area contributed by atoms with Crippen LogP contribution in [0.15, 0.2) is 57.6 Å². The van der Waals surface area contributed by atoms with Crippen LogP contribution in [0.25, 0.3) is 11.3 Å². The second-order valence-electron chi connectivity index (χ2n) is 6.57. The van der Waals surface area contributed by atoms with Crippen LogP contribution < -0.4 is 0 Å². The Morgan fingerprint density at radius 3 is 2.75 bits per heavy atom. The second kappa shape index (κ2) is 6.66. The fourth-order valence-corrected chi connectivity index (χ4v) is 3.35. The van der Waals surface area contributed by atoms with Crippen molar-refractivity contribution in [1.29, 1.82) is 0 Å². The summed E-state index contributed by atoms with van der Waals surface area (Å²) in [5.74, 6) is 0.371. The van der Waals surface area contributed by atoms with Crippen LogP contribution in [0.3, 0.4) is 0 Å². The molecule has 0 aliphatic heterocycles. The van der Waals surface area contributed by atoms with Gasteiger partial charge >= 0.3 is 5.97 Å². The van der Waals surface area contributed by atoms with E-state index in [1.807, 2.05) is 50.2 Å². The van der Waals surface area contributed by atoms with Gasteiger partial charge in [0.2, 0.25) is 0 Å². The van der Waals surface area contributed by atoms with Crippen LogP contribution in [0.2, 0.25) is 0 Å². The van der Waals surface area contributed by atoms with Gasteiger partial charge in [0.25, 0.3) is 0 Å². The smallest absolute Gasteiger partial charge is 0.310 e. The topological polar surface area (TPSA) is 39.4 Å². The Kier molecular flexibility index (Phi) is 4.75. The van der Waals surface area contributed by atoms with E-state index in [1.165, 1.54) is 0 Å². The molecule has 0 radical (unpaired) electrons. The van der Waals surface area contributed by atoms with Crippen LogP contribution >= 0.6 is 23.2 Å². The van der Waals surface area contributed by atoms with Crippen molar-refractivity contribution < 1.29 is 13.9 Å². The number of rotatable bonds is 5. The number of hydrogen-bond donors (Lipinski definition) is 0. The summed E-state index contributed by atoms with van der Waals surface area (Å²) in [4.78, 5) is 12.3. The van der Waals surface area contributed by atoms with Crippen molar-refractivity contribution in [2.24, 2.45) is 17.3 Å². The predicted octanol–water partition coefficient (Wildman–Crippen LogP) is 5.58. The minimum Gasteiger partial charge on any atom is -0.464 e. The number of furan rings is 1. The van der Waals surface area contributed by atoms with Gasteiger partial charge in [0.1, 0.15) is 16.9 Å². The third-order valence-corrected chi connectivity index (χ3v) is 4.84. The van der Waals surface area contributed by atoms with E-state index in [0.29, 0.717) is 0 Å². The Morgan fingerprint density at radius 1 is 1.29 bits per heavy atom. The van der Waals surface area contributed by atoms with E-state index in [-0.39, 0.29) is 34.3 Å². The van der Waals surface area contributed by atoms with Gasteiger partial charge < -0.3 is 9.15 Å². The van der Waals surface area contributed by atoms with Crippen molar-refractivity contribution in [3.63, 3.8) is 0 Å². The summed E-state index contributed by atoms with van der Waals surface area (Å²) in [6, 6.07) is 11.5. The average molecular weight is 365 g/mol. The van der Waals surface area contributed by atoms with E-state index in [0.717, 1.165) is 16.9 Å². The number of carbonyl (C=O) groups excluding carboxylic acids is 1. The van der Waals surface area contributed by atoms with Gasteiger partial charge in [-0.3, -0.25) is 4.79 Å². The molecule has 0 spiro atoms. The molecule has 1 aromatic heterocycles. The fraction of sp³-hybridized carbons (Fsp3) is 0.316. The predicted molar refractivity (Wildman–Crippen MR) is 94.5 cm³/mol. The maximum Gasteiger partial charge on any atom is 0.310 e. The van der Waals surface area contributed by atoms with E-state index in [9.17, 15) is 4.79 Å². The zero-order chi connectivity index (χ0) is 17.3. The summed E-state index contributed by atoms with van der Waals surface area (Å²) in [6.45, 7) is 4.24. The zero-order valence-corrected chi connectivity index (χ0v) is 15.0. The molecule has 1 heterocycles. The van der Waals surface area contributed by atoms with Gasteiger partial charge in [-0.05, 0) is 41.2 Å². The second-order valence-corrected chi connectivity index (χ2v) is 7.57. The molecule has 1 aliphatic rings. The lowest BCUT2D eigenvalue weighted by atomic mass is 10.1. The van der Waals surface area contributed by atoms with E-state index in [4.69, 9.17) is 32.4 Å². The monoisotopic (exact) mass is 364 g/mol. The van der Waals surface area contributed by atoms with Crippen LogP contribution in [0.1, 0.15) is 19.4 Å². The average Bonchev–Trinajstić information content (AvgIpc) is 2.94. The molecule has 126 valence electrons. The number of carbonyl (C=O) groups is 1. The standard InChI is InChI=1S/C19H18Cl2O3/c1-19(2)14(10-16(20)21)17(19)18(22)24-11-12-5-3-6-13(9-12)15-7-4-8-23-15/h3-10,14,17H,11H2,1-2H3. The molecule has 0 N–H and O–H groups in total. The molecule has 1 fully saturated rings. The Morgan fingerprint density at radius 2 is 2.08 bits per heavy atom. The van der Waals surface area contributed by atoms with Gasteiger partial charge in [-0.15, -0.1) is 0 Å². The van der Waals surface area contributed by atoms with Gasteiger partial charge in [-0.2, -0.15) is 0 Å². The normalized spacial score (nSPS) is 21.2. The van der Waals surface area contributed by atoms with Crippen LogP contribution in [-0.2, 0) is 16.1 Å². The first-order valence-corrected chi connectivity index (χ1v) is 8.47. The van der Waals surface area contributed by atoms with Crippen LogP contribution in [0, 0.1) is 17.3 Å². The van der Waals surface area contributed by atoms with E-state index < -0.39 is 0 Å². The van der Waals surface area contributed by atoms with E-state index in [2.05, 4.69) is 0 Å². The maximum absolute atomic E-state index is 12.3. The van der Waals surface area contributed by atoms with Crippen molar-refractivity contribution in [2.75, 3.05) is 0 Å². The van der Waals surface area contributed by atoms with Gasteiger partial charge in [-0.1, -0.05) is 55.2 Å². The van der Waals surface area contributed by atoms with E-state index >= 15 is 0 Å². The van der Waals surface area contributed by atoms with Crippen molar-refractivity contribution in [3.05, 3.63) is 58.8 Å². The maximum atomic E-state index is 12.3. The molecule has 1 saturated carbocycles. The highest BCUT2D eigenvalue weighted by Crippen LogP contribution is 2.60. The first-order valence-electron chi connectivity index (χ1n) is 7.72. The van der Waals surface area contributed by atoms with Crippen LogP contribution in [0.5, 0.6) is 0 Å². The number of esters is 1. The zero-order valence-electron chi connectivity index (χ0n) is 13.5. The quantitative estimate of drug-likeness (QED) is 0.649. The molecule has 2 atom stereocenters. The largest absolute Gasteiger partial charge is 0.464 e. The summed E-state index contributed by atoms with van der Waals surface area (Å²) in [6.07, 6.45) is 3.35. The highest BCUT2D eigenvalue weighted by molar-refractivity contribution is 6.55. The Hall–Kier alpha value is -1.71. The van der Waals surface area contributed by atoms with Crippen molar-refractivity contribution in [1.82, 2.24) is 0 Å². The molecule has 0 amide bonds. The third kappa shape index (κ3) is 3.52. The first-order chi connectivity index (χ1) is 11.4. The molecule has 2 aromatic rings. The molecule has 1 aromatic carbocycles. The fourth-order valence-electron chi connectivity index (χ4n) is 3.08. The minimum absolute atomic E-state index is 0.0180. The lowest BCUT2D eigenvalue weighted by Crippen LogP contribution is -2.10. The molecule has 3 nitrogen and oxygen atoms in total. The summed E-state index contributed by atoms with van der Waals surface area (Å²) in [7, 11) is 0. The lowest BCUT2D eigenvalue weighted by Gasteiger charge is -2.07. The van der Waals surface area contributed by atoms with Crippen molar-refractivity contribution in [3.8, 4) is 11.3 Å². The number of allylic oxidation sites excluding steroid dienone is 1. The van der Waals surface area contributed by atoms with Gasteiger partial charge in [0, 0.05) is 5.56 Å². The lowest BCUT2D eigenvalue weighted by molar-refractivity contribution is -0.147. The molecule has 1 aliphatic carbocycles.